The third-order valence-corrected chi connectivity index (χ3v) is 1.69. The Kier molecular flexibility index (Phi) is 5.44. The highest BCUT2D eigenvalue weighted by molar-refractivity contribution is 5.85. The molecule has 0 radical (unpaired) electrons. The molecule has 0 heterocycles. The zero-order chi connectivity index (χ0) is 14.6. The van der Waals surface area contributed by atoms with Gasteiger partial charge in [0.25, 0.3) is 0 Å². The smallest absolute Gasteiger partial charge is 0.408 e. The molecule has 0 spiro atoms. The molecule has 0 aliphatic carbocycles. The first-order chi connectivity index (χ1) is 7.94. The van der Waals surface area contributed by atoms with Crippen molar-refractivity contribution in [2.24, 2.45) is 0 Å². The van der Waals surface area contributed by atoms with Gasteiger partial charge >= 0.3 is 12.3 Å². The number of alkyl halides is 3. The highest BCUT2D eigenvalue weighted by Crippen LogP contribution is 2.21. The fourth-order valence-electron chi connectivity index (χ4n) is 1.06. The first-order valence-electron chi connectivity index (χ1n) is 5.22. The number of amides is 2. The van der Waals surface area contributed by atoms with Crippen molar-refractivity contribution in [1.82, 2.24) is 10.6 Å². The average Bonchev–Trinajstić information content (AvgIpc) is 2.10. The summed E-state index contributed by atoms with van der Waals surface area (Å²) in [5.74, 6) is -0.932. The Morgan fingerprint density at radius 2 is 1.72 bits per heavy atom. The molecular weight excluding hydrogens is 253 g/mol. The van der Waals surface area contributed by atoms with Crippen molar-refractivity contribution in [2.75, 3.05) is 7.05 Å². The molecule has 8 heteroatoms. The summed E-state index contributed by atoms with van der Waals surface area (Å²) in [7, 11) is 1.18. The maximum atomic E-state index is 12.2. The molecule has 2 N–H and O–H groups in total. The van der Waals surface area contributed by atoms with Gasteiger partial charge in [0.05, 0.1) is 6.42 Å². The van der Waals surface area contributed by atoms with Crippen LogP contribution in [0.15, 0.2) is 0 Å². The second-order valence-electron chi connectivity index (χ2n) is 4.63. The standard InChI is InChI=1S/C10H17F3N2O3/c1-9(2,3)18-8(17)15-6(7(16)14-4)5-10(11,12)13/h6H,5H2,1-4H3,(H,14,16)(H,15,17). The van der Waals surface area contributed by atoms with Gasteiger partial charge < -0.3 is 15.4 Å². The van der Waals surface area contributed by atoms with Crippen LogP contribution in [-0.4, -0.2) is 36.9 Å². The predicted octanol–water partition coefficient (Wildman–Crippen LogP) is 1.58. The summed E-state index contributed by atoms with van der Waals surface area (Å²) in [5.41, 5.74) is -0.852. The van der Waals surface area contributed by atoms with E-state index in [0.717, 1.165) is 0 Å². The van der Waals surface area contributed by atoms with Crippen molar-refractivity contribution >= 4 is 12.0 Å². The minimum Gasteiger partial charge on any atom is -0.444 e. The van der Waals surface area contributed by atoms with Gasteiger partial charge in [0.15, 0.2) is 0 Å². The Morgan fingerprint density at radius 1 is 1.22 bits per heavy atom. The molecular formula is C10H17F3N2O3. The zero-order valence-electron chi connectivity index (χ0n) is 10.6. The highest BCUT2D eigenvalue weighted by Gasteiger charge is 2.36. The van der Waals surface area contributed by atoms with Crippen LogP contribution >= 0.6 is 0 Å². The summed E-state index contributed by atoms with van der Waals surface area (Å²) in [5, 5.41) is 3.93. The van der Waals surface area contributed by atoms with Gasteiger partial charge in [-0.2, -0.15) is 13.2 Å². The van der Waals surface area contributed by atoms with Crippen molar-refractivity contribution in [3.63, 3.8) is 0 Å². The molecule has 0 bridgehead atoms. The van der Waals surface area contributed by atoms with E-state index in [9.17, 15) is 22.8 Å². The SMILES string of the molecule is CNC(=O)C(CC(F)(F)F)NC(=O)OC(C)(C)C. The third-order valence-electron chi connectivity index (χ3n) is 1.69. The fourth-order valence-corrected chi connectivity index (χ4v) is 1.06. The molecule has 0 saturated heterocycles. The number of alkyl carbamates (subject to hydrolysis) is 1. The predicted molar refractivity (Wildman–Crippen MR) is 57.9 cm³/mol. The second-order valence-corrected chi connectivity index (χ2v) is 4.63. The minimum absolute atomic E-state index is 0.852. The van der Waals surface area contributed by atoms with Crippen LogP contribution in [0.5, 0.6) is 0 Å². The fraction of sp³-hybridized carbons (Fsp3) is 0.800. The maximum Gasteiger partial charge on any atom is 0.408 e. The number of halogens is 3. The molecule has 2 amide bonds. The van der Waals surface area contributed by atoms with E-state index < -0.39 is 36.2 Å². The van der Waals surface area contributed by atoms with Gasteiger partial charge in [-0.25, -0.2) is 4.79 Å². The molecule has 5 nitrogen and oxygen atoms in total. The summed E-state index contributed by atoms with van der Waals surface area (Å²) in [6, 6.07) is -1.70. The lowest BCUT2D eigenvalue weighted by molar-refractivity contribution is -0.148. The van der Waals surface area contributed by atoms with Crippen LogP contribution in [0.2, 0.25) is 0 Å². The maximum absolute atomic E-state index is 12.2. The first kappa shape index (κ1) is 16.5. The summed E-state index contributed by atoms with van der Waals surface area (Å²) in [6.45, 7) is 4.68. The van der Waals surface area contributed by atoms with E-state index >= 15 is 0 Å². The highest BCUT2D eigenvalue weighted by atomic mass is 19.4. The van der Waals surface area contributed by atoms with Gasteiger partial charge in [-0.05, 0) is 20.8 Å². The van der Waals surface area contributed by atoms with Gasteiger partial charge in [0, 0.05) is 7.05 Å². The number of carbonyl (C=O) groups excluding carboxylic acids is 2. The first-order valence-corrected chi connectivity index (χ1v) is 5.22. The van der Waals surface area contributed by atoms with Crippen LogP contribution in [0, 0.1) is 0 Å². The third kappa shape index (κ3) is 7.75. The molecule has 18 heavy (non-hydrogen) atoms. The number of ether oxygens (including phenoxy) is 1. The summed E-state index contributed by atoms with van der Waals surface area (Å²) in [4.78, 5) is 22.5. The van der Waals surface area contributed by atoms with Gasteiger partial charge in [0.2, 0.25) is 5.91 Å². The van der Waals surface area contributed by atoms with Crippen LogP contribution in [0.25, 0.3) is 0 Å². The normalized spacial score (nSPS) is 13.7. The van der Waals surface area contributed by atoms with E-state index in [4.69, 9.17) is 4.74 Å². The molecule has 106 valence electrons. The van der Waals surface area contributed by atoms with Crippen molar-refractivity contribution in [2.45, 2.75) is 45.0 Å². The van der Waals surface area contributed by atoms with Crippen LogP contribution < -0.4 is 10.6 Å². The van der Waals surface area contributed by atoms with Gasteiger partial charge in [-0.3, -0.25) is 4.79 Å². The van der Waals surface area contributed by atoms with E-state index in [1.54, 1.807) is 20.8 Å². The number of carbonyl (C=O) groups is 2. The van der Waals surface area contributed by atoms with E-state index in [0.29, 0.717) is 0 Å². The van der Waals surface area contributed by atoms with Gasteiger partial charge in [-0.1, -0.05) is 0 Å². The summed E-state index contributed by atoms with van der Waals surface area (Å²) in [6.07, 6.45) is -7.08. The van der Waals surface area contributed by atoms with Crippen LogP contribution in [0.4, 0.5) is 18.0 Å². The Morgan fingerprint density at radius 3 is 2.06 bits per heavy atom. The summed E-state index contributed by atoms with van der Waals surface area (Å²) >= 11 is 0. The van der Waals surface area contributed by atoms with Crippen molar-refractivity contribution < 1.29 is 27.5 Å². The monoisotopic (exact) mass is 270 g/mol. The molecule has 0 aliphatic rings. The van der Waals surface area contributed by atoms with E-state index in [-0.39, 0.29) is 0 Å². The molecule has 1 unspecified atom stereocenters. The molecule has 0 aromatic rings. The quantitative estimate of drug-likeness (QED) is 0.818. The lowest BCUT2D eigenvalue weighted by Crippen LogP contribution is -2.49. The number of likely N-dealkylation sites (N-methyl/N-ethyl adjacent to an activating group) is 1. The largest absolute Gasteiger partial charge is 0.444 e. The second kappa shape index (κ2) is 5.92. The average molecular weight is 270 g/mol. The molecule has 0 rings (SSSR count). The summed E-state index contributed by atoms with van der Waals surface area (Å²) < 4.78 is 41.4. The lowest BCUT2D eigenvalue weighted by atomic mass is 10.2. The number of nitrogens with one attached hydrogen (secondary N) is 2. The molecule has 0 fully saturated rings. The Balaban J connectivity index is 4.61. The lowest BCUT2D eigenvalue weighted by Gasteiger charge is -2.23. The number of hydrogen-bond donors (Lipinski definition) is 2. The van der Waals surface area contributed by atoms with Crippen LogP contribution in [0.3, 0.4) is 0 Å². The molecule has 0 aliphatic heterocycles. The van der Waals surface area contributed by atoms with Gasteiger partial charge in [0.1, 0.15) is 11.6 Å². The Bertz CT molecular complexity index is 310. The molecule has 1 atom stereocenters. The van der Waals surface area contributed by atoms with Gasteiger partial charge in [-0.15, -0.1) is 0 Å². The number of hydrogen-bond acceptors (Lipinski definition) is 3. The molecule has 0 aromatic carbocycles. The molecule has 0 aromatic heterocycles. The minimum atomic E-state index is -4.56. The Hall–Kier alpha value is -1.47. The van der Waals surface area contributed by atoms with Crippen molar-refractivity contribution in [3.05, 3.63) is 0 Å². The van der Waals surface area contributed by atoms with Crippen molar-refractivity contribution in [1.29, 1.82) is 0 Å². The zero-order valence-corrected chi connectivity index (χ0v) is 10.6. The molecule has 0 saturated carbocycles. The van der Waals surface area contributed by atoms with E-state index in [2.05, 4.69) is 0 Å². The van der Waals surface area contributed by atoms with Crippen LogP contribution in [0.1, 0.15) is 27.2 Å². The van der Waals surface area contributed by atoms with Crippen LogP contribution in [-0.2, 0) is 9.53 Å². The van der Waals surface area contributed by atoms with Crippen molar-refractivity contribution in [3.8, 4) is 0 Å². The Labute approximate surface area is 103 Å². The number of rotatable bonds is 3. The van der Waals surface area contributed by atoms with E-state index in [1.165, 1.54) is 7.05 Å². The van der Waals surface area contributed by atoms with E-state index in [1.807, 2.05) is 10.6 Å². The topological polar surface area (TPSA) is 67.4 Å².